The summed E-state index contributed by atoms with van der Waals surface area (Å²) in [6, 6.07) is 7.12. The van der Waals surface area contributed by atoms with Crippen LogP contribution in [-0.2, 0) is 15.0 Å². The van der Waals surface area contributed by atoms with Crippen LogP contribution in [0.4, 0.5) is 0 Å². The van der Waals surface area contributed by atoms with Crippen molar-refractivity contribution in [2.45, 2.75) is 51.5 Å². The zero-order chi connectivity index (χ0) is 15.6. The highest BCUT2D eigenvalue weighted by atomic mass is 16.4. The Hall–Kier alpha value is -1.84. The molecule has 1 aliphatic rings. The van der Waals surface area contributed by atoms with E-state index in [-0.39, 0.29) is 11.8 Å². The molecule has 0 aliphatic heterocycles. The van der Waals surface area contributed by atoms with Gasteiger partial charge in [-0.05, 0) is 31.2 Å². The van der Waals surface area contributed by atoms with Gasteiger partial charge in [-0.3, -0.25) is 4.79 Å². The highest BCUT2D eigenvalue weighted by molar-refractivity contribution is 5.92. The van der Waals surface area contributed by atoms with Crippen molar-refractivity contribution in [2.24, 2.45) is 5.92 Å². The summed E-state index contributed by atoms with van der Waals surface area (Å²) in [5.74, 6) is -1.27. The van der Waals surface area contributed by atoms with Gasteiger partial charge < -0.3 is 10.4 Å². The molecule has 4 heteroatoms. The van der Waals surface area contributed by atoms with E-state index < -0.39 is 17.4 Å². The second-order valence-electron chi connectivity index (χ2n) is 6.34. The van der Waals surface area contributed by atoms with Crippen molar-refractivity contribution in [2.75, 3.05) is 0 Å². The lowest BCUT2D eigenvalue weighted by Gasteiger charge is -2.41. The van der Waals surface area contributed by atoms with Crippen molar-refractivity contribution in [1.29, 1.82) is 0 Å². The summed E-state index contributed by atoms with van der Waals surface area (Å²) >= 11 is 0. The molecule has 0 bridgehead atoms. The third-order valence-electron chi connectivity index (χ3n) is 4.43. The molecular weight excluding hydrogens is 266 g/mol. The molecule has 4 nitrogen and oxygen atoms in total. The smallest absolute Gasteiger partial charge is 0.326 e. The van der Waals surface area contributed by atoms with Gasteiger partial charge in [0.15, 0.2) is 0 Å². The van der Waals surface area contributed by atoms with E-state index in [9.17, 15) is 14.7 Å². The fraction of sp³-hybridized carbons (Fsp3) is 0.529. The SMILES string of the molecule is Cc1cccc(C2(C(=O)N[C@@H](C(=O)O)C(C)C)CCC2)c1. The Kier molecular flexibility index (Phi) is 4.35. The number of rotatable bonds is 5. The maximum atomic E-state index is 12.7. The van der Waals surface area contributed by atoms with Crippen LogP contribution in [0.2, 0.25) is 0 Å². The van der Waals surface area contributed by atoms with Crippen LogP contribution in [0.25, 0.3) is 0 Å². The Balaban J connectivity index is 2.24. The topological polar surface area (TPSA) is 66.4 Å². The van der Waals surface area contributed by atoms with E-state index in [1.807, 2.05) is 31.2 Å². The fourth-order valence-electron chi connectivity index (χ4n) is 2.91. The first-order valence-corrected chi connectivity index (χ1v) is 7.48. The van der Waals surface area contributed by atoms with Gasteiger partial charge in [-0.2, -0.15) is 0 Å². The monoisotopic (exact) mass is 289 g/mol. The summed E-state index contributed by atoms with van der Waals surface area (Å²) in [5, 5.41) is 12.0. The van der Waals surface area contributed by atoms with Gasteiger partial charge in [0.05, 0.1) is 5.41 Å². The molecule has 1 amide bonds. The van der Waals surface area contributed by atoms with Gasteiger partial charge in [0.1, 0.15) is 6.04 Å². The molecule has 1 aromatic carbocycles. The summed E-state index contributed by atoms with van der Waals surface area (Å²) < 4.78 is 0. The summed E-state index contributed by atoms with van der Waals surface area (Å²) in [6.07, 6.45) is 2.57. The van der Waals surface area contributed by atoms with Crippen molar-refractivity contribution >= 4 is 11.9 Å². The summed E-state index contributed by atoms with van der Waals surface area (Å²) in [6.45, 7) is 5.61. The van der Waals surface area contributed by atoms with Gasteiger partial charge in [0.2, 0.25) is 5.91 Å². The van der Waals surface area contributed by atoms with E-state index in [1.54, 1.807) is 13.8 Å². The first kappa shape index (κ1) is 15.5. The molecule has 1 saturated carbocycles. The highest BCUT2D eigenvalue weighted by Crippen LogP contribution is 2.44. The van der Waals surface area contributed by atoms with Crippen LogP contribution < -0.4 is 5.32 Å². The van der Waals surface area contributed by atoms with Crippen LogP contribution in [-0.4, -0.2) is 23.0 Å². The van der Waals surface area contributed by atoms with Crippen LogP contribution >= 0.6 is 0 Å². The minimum atomic E-state index is -0.975. The number of amides is 1. The Labute approximate surface area is 125 Å². The molecular formula is C17H23NO3. The fourth-order valence-corrected chi connectivity index (χ4v) is 2.91. The van der Waals surface area contributed by atoms with E-state index in [0.29, 0.717) is 0 Å². The van der Waals surface area contributed by atoms with Crippen molar-refractivity contribution < 1.29 is 14.7 Å². The summed E-state index contributed by atoms with van der Waals surface area (Å²) in [7, 11) is 0. The van der Waals surface area contributed by atoms with E-state index >= 15 is 0 Å². The van der Waals surface area contributed by atoms with Crippen LogP contribution in [0.3, 0.4) is 0 Å². The summed E-state index contributed by atoms with van der Waals surface area (Å²) in [5.41, 5.74) is 1.57. The molecule has 21 heavy (non-hydrogen) atoms. The number of carboxylic acid groups (broad SMARTS) is 1. The third-order valence-corrected chi connectivity index (χ3v) is 4.43. The number of aliphatic carboxylic acids is 1. The molecule has 1 aromatic rings. The Bertz CT molecular complexity index is 547. The second kappa shape index (κ2) is 5.88. The molecule has 1 fully saturated rings. The Morgan fingerprint density at radius 1 is 1.29 bits per heavy atom. The quantitative estimate of drug-likeness (QED) is 0.875. The standard InChI is InChI=1S/C17H23NO3/c1-11(2)14(15(19)20)18-16(21)17(8-5-9-17)13-7-4-6-12(3)10-13/h4,6-7,10-11,14H,5,8-9H2,1-3H3,(H,18,21)(H,19,20)/t14-/m1/s1. The normalized spacial score (nSPS) is 17.9. The number of carbonyl (C=O) groups is 2. The van der Waals surface area contributed by atoms with Crippen molar-refractivity contribution in [3.8, 4) is 0 Å². The maximum absolute atomic E-state index is 12.7. The average Bonchev–Trinajstić information content (AvgIpc) is 2.34. The van der Waals surface area contributed by atoms with Gasteiger partial charge in [-0.1, -0.05) is 50.1 Å². The first-order valence-electron chi connectivity index (χ1n) is 7.48. The Morgan fingerprint density at radius 2 is 1.95 bits per heavy atom. The predicted octanol–water partition coefficient (Wildman–Crippen LogP) is 2.64. The van der Waals surface area contributed by atoms with Gasteiger partial charge in [-0.25, -0.2) is 4.79 Å². The van der Waals surface area contributed by atoms with Crippen LogP contribution in [0, 0.1) is 12.8 Å². The minimum absolute atomic E-state index is 0.138. The molecule has 0 spiro atoms. The van der Waals surface area contributed by atoms with Crippen molar-refractivity contribution in [3.05, 3.63) is 35.4 Å². The van der Waals surface area contributed by atoms with Gasteiger partial charge in [0, 0.05) is 0 Å². The molecule has 0 saturated heterocycles. The van der Waals surface area contributed by atoms with Crippen LogP contribution in [0.1, 0.15) is 44.2 Å². The molecule has 2 rings (SSSR count). The highest BCUT2D eigenvalue weighted by Gasteiger charge is 2.46. The number of carbonyl (C=O) groups excluding carboxylic acids is 1. The molecule has 2 N–H and O–H groups in total. The zero-order valence-corrected chi connectivity index (χ0v) is 12.8. The predicted molar refractivity (Wildman–Crippen MR) is 81.1 cm³/mol. The molecule has 114 valence electrons. The largest absolute Gasteiger partial charge is 0.480 e. The lowest BCUT2D eigenvalue weighted by Crippen LogP contribution is -2.55. The van der Waals surface area contributed by atoms with Gasteiger partial charge in [0.25, 0.3) is 0 Å². The van der Waals surface area contributed by atoms with E-state index in [0.717, 1.165) is 30.4 Å². The molecule has 0 radical (unpaired) electrons. The lowest BCUT2D eigenvalue weighted by atomic mass is 9.63. The second-order valence-corrected chi connectivity index (χ2v) is 6.34. The van der Waals surface area contributed by atoms with Crippen molar-refractivity contribution in [3.63, 3.8) is 0 Å². The molecule has 1 aliphatic carbocycles. The lowest BCUT2D eigenvalue weighted by molar-refractivity contribution is -0.144. The number of benzene rings is 1. The number of nitrogens with one attached hydrogen (secondary N) is 1. The maximum Gasteiger partial charge on any atom is 0.326 e. The molecule has 0 heterocycles. The molecule has 0 unspecified atom stereocenters. The average molecular weight is 289 g/mol. The first-order chi connectivity index (χ1) is 9.86. The van der Waals surface area contributed by atoms with E-state index in [1.165, 1.54) is 0 Å². The molecule has 1 atom stereocenters. The van der Waals surface area contributed by atoms with E-state index in [2.05, 4.69) is 5.32 Å². The third kappa shape index (κ3) is 2.94. The number of carboxylic acids is 1. The van der Waals surface area contributed by atoms with Crippen LogP contribution in [0.5, 0.6) is 0 Å². The van der Waals surface area contributed by atoms with E-state index in [4.69, 9.17) is 0 Å². The van der Waals surface area contributed by atoms with Gasteiger partial charge in [-0.15, -0.1) is 0 Å². The minimum Gasteiger partial charge on any atom is -0.480 e. The molecule has 0 aromatic heterocycles. The number of aryl methyl sites for hydroxylation is 1. The van der Waals surface area contributed by atoms with Crippen molar-refractivity contribution in [1.82, 2.24) is 5.32 Å². The van der Waals surface area contributed by atoms with Gasteiger partial charge >= 0.3 is 5.97 Å². The number of hydrogen-bond acceptors (Lipinski definition) is 2. The van der Waals surface area contributed by atoms with Crippen LogP contribution in [0.15, 0.2) is 24.3 Å². The number of hydrogen-bond donors (Lipinski definition) is 2. The summed E-state index contributed by atoms with van der Waals surface area (Å²) in [4.78, 5) is 24.0. The zero-order valence-electron chi connectivity index (χ0n) is 12.8. The Morgan fingerprint density at radius 3 is 2.38 bits per heavy atom.